The van der Waals surface area contributed by atoms with Gasteiger partial charge in [0.25, 0.3) is 0 Å². The van der Waals surface area contributed by atoms with Gasteiger partial charge in [-0.15, -0.1) is 6.58 Å². The molecule has 0 saturated carbocycles. The molecular formula is C11H20. The lowest BCUT2D eigenvalue weighted by Crippen LogP contribution is -1.77. The Morgan fingerprint density at radius 1 is 1.27 bits per heavy atom. The second-order valence-corrected chi connectivity index (χ2v) is 3.30. The van der Waals surface area contributed by atoms with Crippen LogP contribution in [0.15, 0.2) is 23.8 Å². The van der Waals surface area contributed by atoms with Crippen molar-refractivity contribution >= 4 is 0 Å². The van der Waals surface area contributed by atoms with Crippen molar-refractivity contribution in [3.8, 4) is 0 Å². The Bertz CT molecular complexity index is 140. The fourth-order valence-corrected chi connectivity index (χ4v) is 1.06. The molecule has 0 fully saturated rings. The van der Waals surface area contributed by atoms with Gasteiger partial charge in [0.2, 0.25) is 0 Å². The molecule has 0 saturated heterocycles. The van der Waals surface area contributed by atoms with Gasteiger partial charge < -0.3 is 0 Å². The van der Waals surface area contributed by atoms with E-state index in [4.69, 9.17) is 0 Å². The Balaban J connectivity index is 3.47. The fourth-order valence-electron chi connectivity index (χ4n) is 1.06. The van der Waals surface area contributed by atoms with Crippen molar-refractivity contribution in [2.45, 2.75) is 46.5 Å². The zero-order chi connectivity index (χ0) is 8.69. The first kappa shape index (κ1) is 10.5. The van der Waals surface area contributed by atoms with Gasteiger partial charge in [0, 0.05) is 0 Å². The summed E-state index contributed by atoms with van der Waals surface area (Å²) in [6, 6.07) is 0. The summed E-state index contributed by atoms with van der Waals surface area (Å²) in [5.41, 5.74) is 2.80. The van der Waals surface area contributed by atoms with E-state index in [0.29, 0.717) is 0 Å². The predicted molar refractivity (Wildman–Crippen MR) is 52.7 cm³/mol. The second kappa shape index (κ2) is 6.21. The van der Waals surface area contributed by atoms with E-state index in [1.165, 1.54) is 30.4 Å². The molecule has 0 heterocycles. The molecule has 0 N–H and O–H groups in total. The van der Waals surface area contributed by atoms with Crippen molar-refractivity contribution in [2.24, 2.45) is 0 Å². The van der Waals surface area contributed by atoms with Crippen LogP contribution in [0.2, 0.25) is 0 Å². The molecule has 0 rings (SSSR count). The van der Waals surface area contributed by atoms with E-state index in [9.17, 15) is 0 Å². The summed E-state index contributed by atoms with van der Waals surface area (Å²) >= 11 is 0. The van der Waals surface area contributed by atoms with E-state index in [0.717, 1.165) is 6.42 Å². The molecule has 0 amide bonds. The number of hydrogen-bond acceptors (Lipinski definition) is 0. The maximum absolute atomic E-state index is 3.87. The molecule has 0 atom stereocenters. The number of rotatable bonds is 5. The summed E-state index contributed by atoms with van der Waals surface area (Å²) in [4.78, 5) is 0. The standard InChI is InChI=1S/C11H20/c1-5-7-11(4)9-6-8-10(2)3/h9H,2,5-8H2,1,3-4H3/b11-9+. The van der Waals surface area contributed by atoms with Crippen LogP contribution in [0.25, 0.3) is 0 Å². The highest BCUT2D eigenvalue weighted by atomic mass is 13.9. The SMILES string of the molecule is C=C(C)CC/C=C(\C)CCC. The average molecular weight is 152 g/mol. The molecule has 0 radical (unpaired) electrons. The summed E-state index contributed by atoms with van der Waals surface area (Å²) in [6.45, 7) is 10.4. The minimum Gasteiger partial charge on any atom is -0.100 e. The molecule has 0 nitrogen and oxygen atoms in total. The third kappa shape index (κ3) is 7.38. The lowest BCUT2D eigenvalue weighted by molar-refractivity contribution is 0.882. The van der Waals surface area contributed by atoms with Crippen LogP contribution >= 0.6 is 0 Å². The highest BCUT2D eigenvalue weighted by Crippen LogP contribution is 2.08. The molecule has 0 aromatic rings. The minimum atomic E-state index is 1.14. The summed E-state index contributed by atoms with van der Waals surface area (Å²) in [5, 5.41) is 0. The van der Waals surface area contributed by atoms with E-state index in [1.807, 2.05) is 0 Å². The molecule has 0 bridgehead atoms. The van der Waals surface area contributed by atoms with Crippen molar-refractivity contribution in [1.82, 2.24) is 0 Å². The first-order chi connectivity index (χ1) is 5.16. The van der Waals surface area contributed by atoms with Crippen molar-refractivity contribution in [3.63, 3.8) is 0 Å². The van der Waals surface area contributed by atoms with E-state index in [2.05, 4.69) is 33.4 Å². The highest BCUT2D eigenvalue weighted by Gasteiger charge is 1.87. The monoisotopic (exact) mass is 152 g/mol. The Morgan fingerprint density at radius 3 is 2.36 bits per heavy atom. The van der Waals surface area contributed by atoms with Crippen molar-refractivity contribution in [2.75, 3.05) is 0 Å². The van der Waals surface area contributed by atoms with E-state index in [-0.39, 0.29) is 0 Å². The molecule has 0 aliphatic heterocycles. The molecule has 0 aliphatic rings. The number of hydrogen-bond donors (Lipinski definition) is 0. The van der Waals surface area contributed by atoms with Crippen LogP contribution in [0.5, 0.6) is 0 Å². The van der Waals surface area contributed by atoms with Crippen LogP contribution in [0.1, 0.15) is 46.5 Å². The highest BCUT2D eigenvalue weighted by molar-refractivity contribution is 5.00. The zero-order valence-electron chi connectivity index (χ0n) is 8.11. The van der Waals surface area contributed by atoms with E-state index in [1.54, 1.807) is 0 Å². The van der Waals surface area contributed by atoms with Crippen molar-refractivity contribution in [3.05, 3.63) is 23.8 Å². The van der Waals surface area contributed by atoms with Gasteiger partial charge in [0.05, 0.1) is 0 Å². The van der Waals surface area contributed by atoms with Crippen LogP contribution in [-0.4, -0.2) is 0 Å². The molecule has 0 unspecified atom stereocenters. The van der Waals surface area contributed by atoms with Gasteiger partial charge in [0.1, 0.15) is 0 Å². The van der Waals surface area contributed by atoms with Crippen LogP contribution < -0.4 is 0 Å². The molecule has 64 valence electrons. The summed E-state index contributed by atoms with van der Waals surface area (Å²) in [7, 11) is 0. The van der Waals surface area contributed by atoms with Gasteiger partial charge in [-0.05, 0) is 33.1 Å². The third-order valence-electron chi connectivity index (χ3n) is 1.71. The Morgan fingerprint density at radius 2 is 1.91 bits per heavy atom. The predicted octanol–water partition coefficient (Wildman–Crippen LogP) is 4.09. The normalized spacial score (nSPS) is 11.7. The topological polar surface area (TPSA) is 0 Å². The quantitative estimate of drug-likeness (QED) is 0.520. The summed E-state index contributed by atoms with van der Waals surface area (Å²) in [6.07, 6.45) is 7.14. The molecule has 0 aromatic carbocycles. The molecule has 11 heavy (non-hydrogen) atoms. The van der Waals surface area contributed by atoms with Gasteiger partial charge in [0.15, 0.2) is 0 Å². The Kier molecular flexibility index (Phi) is 5.91. The van der Waals surface area contributed by atoms with Gasteiger partial charge in [-0.3, -0.25) is 0 Å². The molecular weight excluding hydrogens is 132 g/mol. The van der Waals surface area contributed by atoms with Crippen LogP contribution in [0.4, 0.5) is 0 Å². The van der Waals surface area contributed by atoms with E-state index >= 15 is 0 Å². The maximum Gasteiger partial charge on any atom is -0.0291 e. The Labute approximate surface area is 71.0 Å². The first-order valence-corrected chi connectivity index (χ1v) is 4.46. The lowest BCUT2D eigenvalue weighted by atomic mass is 10.1. The van der Waals surface area contributed by atoms with Gasteiger partial charge in [-0.25, -0.2) is 0 Å². The molecule has 0 aliphatic carbocycles. The molecule has 0 spiro atoms. The second-order valence-electron chi connectivity index (χ2n) is 3.30. The van der Waals surface area contributed by atoms with Crippen LogP contribution in [0.3, 0.4) is 0 Å². The zero-order valence-corrected chi connectivity index (χ0v) is 8.11. The average Bonchev–Trinajstić information content (AvgIpc) is 1.87. The smallest absolute Gasteiger partial charge is 0.0291 e. The van der Waals surface area contributed by atoms with Crippen molar-refractivity contribution < 1.29 is 0 Å². The van der Waals surface area contributed by atoms with Crippen LogP contribution in [-0.2, 0) is 0 Å². The largest absolute Gasteiger partial charge is 0.100 e. The van der Waals surface area contributed by atoms with Crippen LogP contribution in [0, 0.1) is 0 Å². The summed E-state index contributed by atoms with van der Waals surface area (Å²) in [5.74, 6) is 0. The molecule has 0 aromatic heterocycles. The van der Waals surface area contributed by atoms with Gasteiger partial charge in [-0.2, -0.15) is 0 Å². The lowest BCUT2D eigenvalue weighted by Gasteiger charge is -1.97. The van der Waals surface area contributed by atoms with Gasteiger partial charge in [-0.1, -0.05) is 30.6 Å². The maximum atomic E-state index is 3.87. The van der Waals surface area contributed by atoms with Crippen molar-refractivity contribution in [1.29, 1.82) is 0 Å². The molecule has 0 heteroatoms. The minimum absolute atomic E-state index is 1.14. The first-order valence-electron chi connectivity index (χ1n) is 4.46. The third-order valence-corrected chi connectivity index (χ3v) is 1.71. The Hall–Kier alpha value is -0.520. The number of allylic oxidation sites excluding steroid dienone is 3. The summed E-state index contributed by atoms with van der Waals surface area (Å²) < 4.78 is 0. The fraction of sp³-hybridized carbons (Fsp3) is 0.636. The van der Waals surface area contributed by atoms with E-state index < -0.39 is 0 Å². The van der Waals surface area contributed by atoms with Gasteiger partial charge >= 0.3 is 0 Å².